The molecule has 3 rings (SSSR count). The lowest BCUT2D eigenvalue weighted by Crippen LogP contribution is -2.48. The standard InChI is InChI=1S/C23H26F3N3O7S/c1-3-37(31,32)36-9-8-35-29-22-21(17(12-27-22)20-18(25)10-15(24)11-19(20)26)28-23(30)34-13-14-4-6-16(33-2)7-5-14/h4-7,10-11,17,21H,3,8-9,12-13H2,1-2H3,(H,27,29)(H,28,30)/t17-,21-/m0/s1. The highest BCUT2D eigenvalue weighted by atomic mass is 32.2. The summed E-state index contributed by atoms with van der Waals surface area (Å²) >= 11 is 0. The Labute approximate surface area is 211 Å². The van der Waals surface area contributed by atoms with Crippen LogP contribution in [0.25, 0.3) is 0 Å². The maximum absolute atomic E-state index is 14.5. The molecular formula is C23H26F3N3O7S. The van der Waals surface area contributed by atoms with Crippen molar-refractivity contribution >= 4 is 22.0 Å². The van der Waals surface area contributed by atoms with Crippen LogP contribution in [0.5, 0.6) is 5.75 Å². The van der Waals surface area contributed by atoms with Crippen LogP contribution < -0.4 is 15.5 Å². The zero-order valence-corrected chi connectivity index (χ0v) is 20.8. The number of methoxy groups -OCH3 is 1. The number of nitrogens with zero attached hydrogens (tertiary/aromatic N) is 1. The minimum Gasteiger partial charge on any atom is -0.497 e. The lowest BCUT2D eigenvalue weighted by atomic mass is 9.92. The van der Waals surface area contributed by atoms with E-state index in [9.17, 15) is 26.4 Å². The van der Waals surface area contributed by atoms with E-state index < -0.39 is 51.2 Å². The molecule has 1 aliphatic heterocycles. The molecule has 37 heavy (non-hydrogen) atoms. The lowest BCUT2D eigenvalue weighted by Gasteiger charge is -2.23. The van der Waals surface area contributed by atoms with Crippen molar-refractivity contribution in [2.45, 2.75) is 25.5 Å². The third-order valence-corrected chi connectivity index (χ3v) is 6.58. The summed E-state index contributed by atoms with van der Waals surface area (Å²) in [6.07, 6.45) is -0.914. The molecule has 0 fully saturated rings. The van der Waals surface area contributed by atoms with Gasteiger partial charge in [0.1, 0.15) is 41.7 Å². The molecule has 0 aliphatic carbocycles. The molecule has 0 saturated carbocycles. The Hall–Kier alpha value is -3.36. The Bertz CT molecular complexity index is 1200. The van der Waals surface area contributed by atoms with E-state index in [2.05, 4.69) is 15.8 Å². The summed E-state index contributed by atoms with van der Waals surface area (Å²) in [6.45, 7) is 0.612. The van der Waals surface area contributed by atoms with E-state index in [0.29, 0.717) is 23.4 Å². The fourth-order valence-electron chi connectivity index (χ4n) is 3.47. The van der Waals surface area contributed by atoms with Gasteiger partial charge in [-0.3, -0.25) is 19.5 Å². The number of hydrogen-bond acceptors (Lipinski definition) is 9. The number of nitrogens with one attached hydrogen (secondary N) is 2. The molecule has 0 spiro atoms. The Morgan fingerprint density at radius 1 is 1.11 bits per heavy atom. The molecule has 14 heteroatoms. The van der Waals surface area contributed by atoms with Crippen molar-refractivity contribution < 1.29 is 44.9 Å². The SMILES string of the molecule is CCS(=O)(=O)OCCONC1=NC[C@@H](c2c(F)cc(F)cc2F)[C@@H]1NC(=O)OCc1ccc(OC)cc1. The summed E-state index contributed by atoms with van der Waals surface area (Å²) in [6, 6.07) is 6.68. The number of amides is 1. The molecule has 0 saturated heterocycles. The molecular weight excluding hydrogens is 519 g/mol. The summed E-state index contributed by atoms with van der Waals surface area (Å²) in [4.78, 5) is 21.9. The molecule has 1 amide bonds. The van der Waals surface area contributed by atoms with Crippen molar-refractivity contribution in [2.75, 3.05) is 32.6 Å². The van der Waals surface area contributed by atoms with Crippen molar-refractivity contribution in [2.24, 2.45) is 4.99 Å². The highest BCUT2D eigenvalue weighted by Crippen LogP contribution is 2.31. The molecule has 2 atom stereocenters. The molecule has 2 N–H and O–H groups in total. The van der Waals surface area contributed by atoms with Gasteiger partial charge in [-0.1, -0.05) is 12.1 Å². The topological polar surface area (TPSA) is 125 Å². The van der Waals surface area contributed by atoms with Gasteiger partial charge in [0.05, 0.1) is 32.6 Å². The molecule has 2 aromatic carbocycles. The van der Waals surface area contributed by atoms with E-state index in [1.54, 1.807) is 24.3 Å². The van der Waals surface area contributed by atoms with Gasteiger partial charge in [-0.2, -0.15) is 8.42 Å². The van der Waals surface area contributed by atoms with Crippen LogP contribution in [0.4, 0.5) is 18.0 Å². The number of amidine groups is 1. The van der Waals surface area contributed by atoms with Gasteiger partial charge in [-0.25, -0.2) is 18.0 Å². The third-order valence-electron chi connectivity index (χ3n) is 5.35. The first-order valence-corrected chi connectivity index (χ1v) is 12.7. The zero-order valence-electron chi connectivity index (χ0n) is 20.0. The number of benzene rings is 2. The molecule has 0 radical (unpaired) electrons. The Balaban J connectivity index is 1.68. The number of carbonyl (C=O) groups is 1. The summed E-state index contributed by atoms with van der Waals surface area (Å²) in [5.74, 6) is -4.04. The second kappa shape index (κ2) is 12.7. The van der Waals surface area contributed by atoms with Gasteiger partial charge >= 0.3 is 6.09 Å². The summed E-state index contributed by atoms with van der Waals surface area (Å²) in [5.41, 5.74) is 2.64. The molecule has 1 aliphatic rings. The number of aliphatic imine (C=N–C) groups is 1. The predicted octanol–water partition coefficient (Wildman–Crippen LogP) is 2.79. The minimum absolute atomic E-state index is 0.00660. The number of ether oxygens (including phenoxy) is 2. The first-order chi connectivity index (χ1) is 17.6. The van der Waals surface area contributed by atoms with E-state index in [0.717, 1.165) is 0 Å². The van der Waals surface area contributed by atoms with Crippen LogP contribution in [-0.4, -0.2) is 59.0 Å². The molecule has 0 bridgehead atoms. The molecule has 0 unspecified atom stereocenters. The van der Waals surface area contributed by atoms with Gasteiger partial charge in [0, 0.05) is 23.6 Å². The first kappa shape index (κ1) is 28.2. The maximum Gasteiger partial charge on any atom is 0.408 e. The number of rotatable bonds is 11. The summed E-state index contributed by atoms with van der Waals surface area (Å²) < 4.78 is 80.2. The molecule has 202 valence electrons. The van der Waals surface area contributed by atoms with E-state index in [-0.39, 0.29) is 38.0 Å². The predicted molar refractivity (Wildman–Crippen MR) is 126 cm³/mol. The van der Waals surface area contributed by atoms with Gasteiger partial charge in [0.25, 0.3) is 10.1 Å². The highest BCUT2D eigenvalue weighted by molar-refractivity contribution is 7.86. The van der Waals surface area contributed by atoms with Gasteiger partial charge < -0.3 is 14.8 Å². The van der Waals surface area contributed by atoms with Crippen molar-refractivity contribution in [3.63, 3.8) is 0 Å². The van der Waals surface area contributed by atoms with Crippen LogP contribution in [0.2, 0.25) is 0 Å². The molecule has 2 aromatic rings. The van der Waals surface area contributed by atoms with E-state index in [1.807, 2.05) is 0 Å². The van der Waals surface area contributed by atoms with E-state index in [4.69, 9.17) is 18.5 Å². The minimum atomic E-state index is -3.67. The second-order valence-corrected chi connectivity index (χ2v) is 9.71. The van der Waals surface area contributed by atoms with Crippen molar-refractivity contribution in [1.82, 2.24) is 10.8 Å². The first-order valence-electron chi connectivity index (χ1n) is 11.1. The maximum atomic E-state index is 14.5. The molecule has 0 aromatic heterocycles. The van der Waals surface area contributed by atoms with Crippen LogP contribution in [0.3, 0.4) is 0 Å². The Kier molecular flexibility index (Phi) is 9.72. The average molecular weight is 546 g/mol. The Morgan fingerprint density at radius 2 is 1.78 bits per heavy atom. The fourth-order valence-corrected chi connectivity index (χ4v) is 3.96. The number of hydroxylamine groups is 1. The second-order valence-electron chi connectivity index (χ2n) is 7.78. The highest BCUT2D eigenvalue weighted by Gasteiger charge is 2.38. The van der Waals surface area contributed by atoms with Crippen LogP contribution >= 0.6 is 0 Å². The van der Waals surface area contributed by atoms with Gasteiger partial charge in [0.15, 0.2) is 0 Å². The lowest BCUT2D eigenvalue weighted by molar-refractivity contribution is 0.0589. The fraction of sp³-hybridized carbons (Fsp3) is 0.391. The van der Waals surface area contributed by atoms with Crippen LogP contribution in [0, 0.1) is 17.5 Å². The normalized spacial score (nSPS) is 17.3. The zero-order chi connectivity index (χ0) is 27.0. The third kappa shape index (κ3) is 7.81. The number of carbonyl (C=O) groups excluding carboxylic acids is 1. The van der Waals surface area contributed by atoms with Crippen LogP contribution in [0.1, 0.15) is 24.0 Å². The average Bonchev–Trinajstić information content (AvgIpc) is 3.23. The molecule has 1 heterocycles. The number of hydrogen-bond donors (Lipinski definition) is 2. The van der Waals surface area contributed by atoms with Gasteiger partial charge in [0.2, 0.25) is 0 Å². The quantitative estimate of drug-likeness (QED) is 0.251. The van der Waals surface area contributed by atoms with Crippen molar-refractivity contribution in [3.05, 3.63) is 65.0 Å². The van der Waals surface area contributed by atoms with Crippen LogP contribution in [-0.2, 0) is 30.5 Å². The Morgan fingerprint density at radius 3 is 2.41 bits per heavy atom. The van der Waals surface area contributed by atoms with Crippen LogP contribution in [0.15, 0.2) is 41.4 Å². The molecule has 10 nitrogen and oxygen atoms in total. The van der Waals surface area contributed by atoms with E-state index in [1.165, 1.54) is 14.0 Å². The van der Waals surface area contributed by atoms with Crippen molar-refractivity contribution in [1.29, 1.82) is 0 Å². The largest absolute Gasteiger partial charge is 0.497 e. The van der Waals surface area contributed by atoms with Gasteiger partial charge in [-0.15, -0.1) is 0 Å². The smallest absolute Gasteiger partial charge is 0.408 e. The summed E-state index contributed by atoms with van der Waals surface area (Å²) in [7, 11) is -2.15. The van der Waals surface area contributed by atoms with E-state index >= 15 is 0 Å². The number of halogens is 3. The van der Waals surface area contributed by atoms with Gasteiger partial charge in [-0.05, 0) is 24.6 Å². The van der Waals surface area contributed by atoms with Crippen molar-refractivity contribution in [3.8, 4) is 5.75 Å². The summed E-state index contributed by atoms with van der Waals surface area (Å²) in [5, 5.41) is 2.50. The number of alkyl carbamates (subject to hydrolysis) is 1. The monoisotopic (exact) mass is 545 g/mol.